The number of nitrogens with zero attached hydrogens (tertiary/aromatic N) is 2. The van der Waals surface area contributed by atoms with Crippen molar-refractivity contribution in [1.82, 2.24) is 9.97 Å². The number of aromatic nitrogens is 2. The molecule has 0 saturated heterocycles. The average molecular weight is 297 g/mol. The van der Waals surface area contributed by atoms with Crippen LogP contribution < -0.4 is 10.1 Å². The molecule has 0 bridgehead atoms. The third-order valence-electron chi connectivity index (χ3n) is 4.00. The minimum Gasteiger partial charge on any atom is -0.474 e. The van der Waals surface area contributed by atoms with Gasteiger partial charge >= 0.3 is 0 Å². The van der Waals surface area contributed by atoms with Crippen LogP contribution in [0.1, 0.15) is 43.4 Å². The van der Waals surface area contributed by atoms with Gasteiger partial charge in [-0.25, -0.2) is 9.97 Å². The van der Waals surface area contributed by atoms with Crippen molar-refractivity contribution < 1.29 is 4.74 Å². The van der Waals surface area contributed by atoms with E-state index in [1.807, 2.05) is 43.5 Å². The van der Waals surface area contributed by atoms with Gasteiger partial charge in [0.25, 0.3) is 0 Å². The van der Waals surface area contributed by atoms with E-state index in [2.05, 4.69) is 15.3 Å². The molecule has 0 spiro atoms. The summed E-state index contributed by atoms with van der Waals surface area (Å²) in [7, 11) is 0. The second-order valence-corrected chi connectivity index (χ2v) is 5.90. The summed E-state index contributed by atoms with van der Waals surface area (Å²) in [6.07, 6.45) is 8.33. The molecule has 2 heterocycles. The molecule has 116 valence electrons. The van der Waals surface area contributed by atoms with E-state index in [4.69, 9.17) is 4.74 Å². The first-order valence-electron chi connectivity index (χ1n) is 8.09. The van der Waals surface area contributed by atoms with Crippen molar-refractivity contribution in [3.05, 3.63) is 47.8 Å². The van der Waals surface area contributed by atoms with Crippen molar-refractivity contribution in [2.75, 3.05) is 5.32 Å². The van der Waals surface area contributed by atoms with E-state index in [1.54, 1.807) is 0 Å². The van der Waals surface area contributed by atoms with Gasteiger partial charge in [-0.2, -0.15) is 0 Å². The molecule has 2 aromatic heterocycles. The maximum Gasteiger partial charge on any atom is 0.213 e. The second kappa shape index (κ2) is 7.25. The van der Waals surface area contributed by atoms with Crippen LogP contribution >= 0.6 is 0 Å². The van der Waals surface area contributed by atoms with Crippen LogP contribution in [-0.2, 0) is 6.54 Å². The zero-order chi connectivity index (χ0) is 15.2. The van der Waals surface area contributed by atoms with Gasteiger partial charge in [0.15, 0.2) is 0 Å². The fourth-order valence-corrected chi connectivity index (χ4v) is 2.81. The lowest BCUT2D eigenvalue weighted by Gasteiger charge is -2.22. The molecule has 2 aromatic rings. The Morgan fingerprint density at radius 2 is 2.05 bits per heavy atom. The van der Waals surface area contributed by atoms with Crippen molar-refractivity contribution in [2.24, 2.45) is 0 Å². The van der Waals surface area contributed by atoms with Gasteiger partial charge < -0.3 is 10.1 Å². The van der Waals surface area contributed by atoms with E-state index in [0.29, 0.717) is 6.10 Å². The van der Waals surface area contributed by atoms with Crippen LogP contribution in [0.15, 0.2) is 36.5 Å². The van der Waals surface area contributed by atoms with Crippen LogP contribution in [0.25, 0.3) is 0 Å². The Morgan fingerprint density at radius 3 is 2.86 bits per heavy atom. The van der Waals surface area contributed by atoms with E-state index >= 15 is 0 Å². The highest BCUT2D eigenvalue weighted by Crippen LogP contribution is 2.22. The first-order valence-corrected chi connectivity index (χ1v) is 8.09. The molecule has 4 nitrogen and oxygen atoms in total. The normalized spacial score (nSPS) is 15.5. The van der Waals surface area contributed by atoms with Crippen LogP contribution in [0, 0.1) is 6.92 Å². The molecule has 0 atom stereocenters. The van der Waals surface area contributed by atoms with Crippen molar-refractivity contribution in [3.8, 4) is 5.88 Å². The summed E-state index contributed by atoms with van der Waals surface area (Å²) in [6.45, 7) is 2.72. The topological polar surface area (TPSA) is 47.0 Å². The molecule has 1 aliphatic rings. The first kappa shape index (κ1) is 14.8. The summed E-state index contributed by atoms with van der Waals surface area (Å²) in [5, 5.41) is 3.34. The zero-order valence-electron chi connectivity index (χ0n) is 13.1. The summed E-state index contributed by atoms with van der Waals surface area (Å²) in [5.41, 5.74) is 2.17. The lowest BCUT2D eigenvalue weighted by molar-refractivity contribution is 0.148. The molecule has 0 aromatic carbocycles. The number of aryl methyl sites for hydroxylation is 1. The maximum atomic E-state index is 6.01. The highest BCUT2D eigenvalue weighted by atomic mass is 16.5. The van der Waals surface area contributed by atoms with Crippen LogP contribution in [0.5, 0.6) is 5.88 Å². The van der Waals surface area contributed by atoms with E-state index in [9.17, 15) is 0 Å². The lowest BCUT2D eigenvalue weighted by Crippen LogP contribution is -2.20. The summed E-state index contributed by atoms with van der Waals surface area (Å²) in [6, 6.07) is 10.0. The Balaban J connectivity index is 1.58. The highest BCUT2D eigenvalue weighted by molar-refractivity contribution is 5.36. The van der Waals surface area contributed by atoms with Gasteiger partial charge in [-0.15, -0.1) is 0 Å². The Hall–Kier alpha value is -2.10. The molecule has 1 fully saturated rings. The van der Waals surface area contributed by atoms with E-state index in [0.717, 1.165) is 42.3 Å². The van der Waals surface area contributed by atoms with Crippen molar-refractivity contribution >= 4 is 5.82 Å². The average Bonchev–Trinajstić information content (AvgIpc) is 2.54. The van der Waals surface area contributed by atoms with Gasteiger partial charge in [-0.05, 0) is 56.4 Å². The molecular weight excluding hydrogens is 274 g/mol. The van der Waals surface area contributed by atoms with E-state index in [1.165, 1.54) is 19.3 Å². The number of hydrogen-bond donors (Lipinski definition) is 1. The minimum absolute atomic E-state index is 0.336. The van der Waals surface area contributed by atoms with Crippen LogP contribution in [0.4, 0.5) is 5.82 Å². The fourth-order valence-electron chi connectivity index (χ4n) is 2.81. The predicted octanol–water partition coefficient (Wildman–Crippen LogP) is 4.11. The number of rotatable bonds is 5. The molecule has 0 amide bonds. The lowest BCUT2D eigenvalue weighted by atomic mass is 9.98. The largest absolute Gasteiger partial charge is 0.474 e. The zero-order valence-corrected chi connectivity index (χ0v) is 13.1. The predicted molar refractivity (Wildman–Crippen MR) is 88.0 cm³/mol. The van der Waals surface area contributed by atoms with E-state index < -0.39 is 0 Å². The Labute approximate surface area is 132 Å². The van der Waals surface area contributed by atoms with Gasteiger partial charge in [0.05, 0.1) is 0 Å². The van der Waals surface area contributed by atoms with E-state index in [-0.39, 0.29) is 0 Å². The first-order chi connectivity index (χ1) is 10.8. The number of pyridine rings is 2. The monoisotopic (exact) mass is 297 g/mol. The third-order valence-corrected chi connectivity index (χ3v) is 4.00. The number of nitrogens with one attached hydrogen (secondary N) is 1. The summed E-state index contributed by atoms with van der Waals surface area (Å²) < 4.78 is 6.01. The SMILES string of the molecule is Cc1cccc(NCc2ccnc(OC3CCCCC3)c2)n1. The summed E-state index contributed by atoms with van der Waals surface area (Å²) >= 11 is 0. The highest BCUT2D eigenvalue weighted by Gasteiger charge is 2.15. The Morgan fingerprint density at radius 1 is 1.18 bits per heavy atom. The van der Waals surface area contributed by atoms with Crippen LogP contribution in [0.2, 0.25) is 0 Å². The third kappa shape index (κ3) is 4.20. The second-order valence-electron chi connectivity index (χ2n) is 5.90. The van der Waals surface area contributed by atoms with Crippen molar-refractivity contribution in [3.63, 3.8) is 0 Å². The fraction of sp³-hybridized carbons (Fsp3) is 0.444. The van der Waals surface area contributed by atoms with Crippen molar-refractivity contribution in [2.45, 2.75) is 51.7 Å². The molecule has 1 saturated carbocycles. The smallest absolute Gasteiger partial charge is 0.213 e. The molecule has 1 N–H and O–H groups in total. The molecule has 0 radical (unpaired) electrons. The molecule has 0 aliphatic heterocycles. The molecular formula is C18H23N3O. The standard InChI is InChI=1S/C18H23N3O/c1-14-6-5-9-17(21-14)20-13-15-10-11-19-18(12-15)22-16-7-3-2-4-8-16/h5-6,9-12,16H,2-4,7-8,13H2,1H3,(H,20,21). The van der Waals surface area contributed by atoms with Gasteiger partial charge in [-0.3, -0.25) is 0 Å². The van der Waals surface area contributed by atoms with Gasteiger partial charge in [0.1, 0.15) is 11.9 Å². The van der Waals surface area contributed by atoms with Crippen LogP contribution in [0.3, 0.4) is 0 Å². The molecule has 4 heteroatoms. The quantitative estimate of drug-likeness (QED) is 0.902. The number of ether oxygens (including phenoxy) is 1. The Kier molecular flexibility index (Phi) is 4.88. The molecule has 1 aliphatic carbocycles. The summed E-state index contributed by atoms with van der Waals surface area (Å²) in [5.74, 6) is 1.63. The van der Waals surface area contributed by atoms with Crippen molar-refractivity contribution in [1.29, 1.82) is 0 Å². The number of hydrogen-bond acceptors (Lipinski definition) is 4. The number of anilines is 1. The van der Waals surface area contributed by atoms with Crippen LogP contribution in [-0.4, -0.2) is 16.1 Å². The molecule has 22 heavy (non-hydrogen) atoms. The molecule has 0 unspecified atom stereocenters. The molecule has 3 rings (SSSR count). The summed E-state index contributed by atoms with van der Waals surface area (Å²) in [4.78, 5) is 8.78. The minimum atomic E-state index is 0.336. The van der Waals surface area contributed by atoms with Gasteiger partial charge in [0.2, 0.25) is 5.88 Å². The maximum absolute atomic E-state index is 6.01. The van der Waals surface area contributed by atoms with Gasteiger partial charge in [0, 0.05) is 24.5 Å². The Bertz CT molecular complexity index is 609. The van der Waals surface area contributed by atoms with Gasteiger partial charge in [-0.1, -0.05) is 12.5 Å².